The molecule has 22 heavy (non-hydrogen) atoms. The number of H-pyrrole nitrogens is 1. The summed E-state index contributed by atoms with van der Waals surface area (Å²) in [5.74, 6) is 0.317. The normalized spacial score (nSPS) is 12.9. The molecule has 3 rings (SSSR count). The van der Waals surface area contributed by atoms with E-state index in [1.54, 1.807) is 12.0 Å². The van der Waals surface area contributed by atoms with Crippen molar-refractivity contribution in [2.45, 2.75) is 13.1 Å². The molecule has 0 atom stereocenters. The summed E-state index contributed by atoms with van der Waals surface area (Å²) in [6, 6.07) is 9.60. The van der Waals surface area contributed by atoms with Gasteiger partial charge in [0.1, 0.15) is 11.3 Å². The summed E-state index contributed by atoms with van der Waals surface area (Å²) in [7, 11) is 1.58. The number of rotatable bonds is 2. The van der Waals surface area contributed by atoms with Crippen LogP contribution in [0.5, 0.6) is 5.75 Å². The Morgan fingerprint density at radius 2 is 1.91 bits per heavy atom. The van der Waals surface area contributed by atoms with Gasteiger partial charge in [-0.25, -0.2) is 0 Å². The zero-order valence-electron chi connectivity index (χ0n) is 12.0. The first-order valence-corrected chi connectivity index (χ1v) is 6.78. The van der Waals surface area contributed by atoms with Crippen LogP contribution in [-0.2, 0) is 13.1 Å². The lowest BCUT2D eigenvalue weighted by Gasteiger charge is -2.14. The third-order valence-corrected chi connectivity index (χ3v) is 3.67. The second-order valence-corrected chi connectivity index (χ2v) is 5.02. The molecule has 0 saturated carbocycles. The van der Waals surface area contributed by atoms with Crippen LogP contribution in [0.4, 0.5) is 0 Å². The number of hydrogen-bond acceptors (Lipinski definition) is 4. The van der Waals surface area contributed by atoms with Gasteiger partial charge in [-0.05, 0) is 17.7 Å². The Hall–Kier alpha value is -2.89. The second-order valence-electron chi connectivity index (χ2n) is 5.02. The fourth-order valence-corrected chi connectivity index (χ4v) is 2.59. The smallest absolute Gasteiger partial charge is 0.263 e. The Bertz CT molecular complexity index is 857. The molecule has 2 heterocycles. The van der Waals surface area contributed by atoms with Gasteiger partial charge in [0.05, 0.1) is 13.7 Å². The maximum atomic E-state index is 12.5. The highest BCUT2D eigenvalue weighted by molar-refractivity contribution is 5.94. The van der Waals surface area contributed by atoms with Gasteiger partial charge in [0.15, 0.2) is 0 Å². The zero-order valence-corrected chi connectivity index (χ0v) is 12.0. The lowest BCUT2D eigenvalue weighted by molar-refractivity contribution is 0.0749. The quantitative estimate of drug-likeness (QED) is 0.893. The Kier molecular flexibility index (Phi) is 3.50. The number of hydrogen-bond donors (Lipinski definition) is 1. The van der Waals surface area contributed by atoms with E-state index in [9.17, 15) is 14.4 Å². The number of nitrogens with zero attached hydrogens (tertiary/aromatic N) is 1. The fourth-order valence-electron chi connectivity index (χ4n) is 2.59. The van der Waals surface area contributed by atoms with E-state index >= 15 is 0 Å². The average Bonchev–Trinajstić information content (AvgIpc) is 2.87. The number of fused-ring (bicyclic) bond motifs is 1. The summed E-state index contributed by atoms with van der Waals surface area (Å²) in [4.78, 5) is 39.4. The van der Waals surface area contributed by atoms with Gasteiger partial charge in [0.25, 0.3) is 17.0 Å². The van der Waals surface area contributed by atoms with Crippen molar-refractivity contribution in [3.05, 3.63) is 73.8 Å². The first-order valence-electron chi connectivity index (χ1n) is 6.78. The van der Waals surface area contributed by atoms with E-state index in [0.717, 1.165) is 16.9 Å². The number of benzene rings is 1. The fraction of sp³-hybridized carbons (Fsp3) is 0.188. The molecule has 112 valence electrons. The number of carbonyl (C=O) groups excluding carboxylic acids is 1. The maximum Gasteiger partial charge on any atom is 0.263 e. The van der Waals surface area contributed by atoms with Gasteiger partial charge in [-0.15, -0.1) is 0 Å². The molecule has 1 aliphatic heterocycles. The monoisotopic (exact) mass is 298 g/mol. The molecular formula is C16H14N2O4. The van der Waals surface area contributed by atoms with Crippen molar-refractivity contribution in [1.82, 2.24) is 9.88 Å². The van der Waals surface area contributed by atoms with E-state index in [0.29, 0.717) is 13.1 Å². The van der Waals surface area contributed by atoms with E-state index in [1.807, 2.05) is 18.2 Å². The van der Waals surface area contributed by atoms with Gasteiger partial charge in [0, 0.05) is 18.2 Å². The minimum Gasteiger partial charge on any atom is -0.496 e. The molecule has 1 amide bonds. The summed E-state index contributed by atoms with van der Waals surface area (Å²) < 4.78 is 5.30. The predicted octanol–water partition coefficient (Wildman–Crippen LogP) is 0.900. The number of nitrogens with one attached hydrogen (secondary N) is 1. The van der Waals surface area contributed by atoms with Crippen LogP contribution in [0, 0.1) is 0 Å². The molecule has 0 radical (unpaired) electrons. The SMILES string of the molecule is COc1cccc2c1CN(C(=O)c1cccc(=O)[nH]c1=O)C2. The number of carbonyl (C=O) groups is 1. The zero-order chi connectivity index (χ0) is 15.7. The summed E-state index contributed by atoms with van der Waals surface area (Å²) in [5, 5.41) is 0. The van der Waals surface area contributed by atoms with Crippen molar-refractivity contribution >= 4 is 5.91 Å². The molecule has 1 aromatic heterocycles. The van der Waals surface area contributed by atoms with Crippen molar-refractivity contribution in [2.75, 3.05) is 7.11 Å². The highest BCUT2D eigenvalue weighted by atomic mass is 16.5. The summed E-state index contributed by atoms with van der Waals surface area (Å²) in [5.41, 5.74) is 0.681. The lowest BCUT2D eigenvalue weighted by atomic mass is 10.1. The van der Waals surface area contributed by atoms with Crippen LogP contribution in [0.3, 0.4) is 0 Å². The third kappa shape index (κ3) is 2.39. The third-order valence-electron chi connectivity index (χ3n) is 3.67. The Balaban J connectivity index is 1.95. The van der Waals surface area contributed by atoms with Crippen LogP contribution >= 0.6 is 0 Å². The highest BCUT2D eigenvalue weighted by Crippen LogP contribution is 2.31. The first-order chi connectivity index (χ1) is 10.6. The van der Waals surface area contributed by atoms with Crippen molar-refractivity contribution in [1.29, 1.82) is 0 Å². The molecule has 0 aliphatic carbocycles. The van der Waals surface area contributed by atoms with Gasteiger partial charge in [-0.1, -0.05) is 18.2 Å². The van der Waals surface area contributed by atoms with Gasteiger partial charge in [-0.3, -0.25) is 19.4 Å². The summed E-state index contributed by atoms with van der Waals surface area (Å²) in [6.07, 6.45) is 0. The largest absolute Gasteiger partial charge is 0.496 e. The molecule has 0 saturated heterocycles. The van der Waals surface area contributed by atoms with E-state index < -0.39 is 17.0 Å². The van der Waals surface area contributed by atoms with Gasteiger partial charge < -0.3 is 9.64 Å². The van der Waals surface area contributed by atoms with Gasteiger partial charge in [-0.2, -0.15) is 0 Å². The Morgan fingerprint density at radius 3 is 2.68 bits per heavy atom. The molecule has 6 heteroatoms. The van der Waals surface area contributed by atoms with E-state index in [4.69, 9.17) is 4.74 Å². The van der Waals surface area contributed by atoms with Gasteiger partial charge >= 0.3 is 0 Å². The molecule has 6 nitrogen and oxygen atoms in total. The van der Waals surface area contributed by atoms with E-state index in [2.05, 4.69) is 4.98 Å². The molecule has 0 unspecified atom stereocenters. The molecule has 2 aromatic rings. The van der Waals surface area contributed by atoms with Crippen molar-refractivity contribution < 1.29 is 9.53 Å². The Labute approximate surface area is 126 Å². The van der Waals surface area contributed by atoms with Crippen LogP contribution < -0.4 is 15.9 Å². The predicted molar refractivity (Wildman–Crippen MR) is 79.9 cm³/mol. The molecule has 1 N–H and O–H groups in total. The van der Waals surface area contributed by atoms with E-state index in [1.165, 1.54) is 18.2 Å². The summed E-state index contributed by atoms with van der Waals surface area (Å²) >= 11 is 0. The van der Waals surface area contributed by atoms with Crippen molar-refractivity contribution in [3.63, 3.8) is 0 Å². The highest BCUT2D eigenvalue weighted by Gasteiger charge is 2.27. The topological polar surface area (TPSA) is 79.5 Å². The second kappa shape index (κ2) is 5.48. The number of aromatic amines is 1. The Morgan fingerprint density at radius 1 is 1.14 bits per heavy atom. The molecular weight excluding hydrogens is 284 g/mol. The molecule has 0 spiro atoms. The van der Waals surface area contributed by atoms with Crippen LogP contribution in [0.15, 0.2) is 46.0 Å². The number of methoxy groups -OCH3 is 1. The van der Waals surface area contributed by atoms with Crippen LogP contribution in [0.2, 0.25) is 0 Å². The minimum atomic E-state index is -0.678. The first kappa shape index (κ1) is 14.1. The standard InChI is InChI=1S/C16H14N2O4/c1-22-13-6-2-4-10-8-18(9-12(10)13)16(21)11-5-3-7-14(19)17-15(11)20/h2-7H,8-9H2,1H3,(H,17,19,20). The molecule has 1 aromatic carbocycles. The van der Waals surface area contributed by atoms with Crippen molar-refractivity contribution in [2.24, 2.45) is 0 Å². The summed E-state index contributed by atoms with van der Waals surface area (Å²) in [6.45, 7) is 0.786. The van der Waals surface area contributed by atoms with Crippen LogP contribution in [0.1, 0.15) is 21.5 Å². The van der Waals surface area contributed by atoms with E-state index in [-0.39, 0.29) is 5.56 Å². The minimum absolute atomic E-state index is 0.0473. The van der Waals surface area contributed by atoms with Crippen LogP contribution in [-0.4, -0.2) is 22.9 Å². The number of aromatic nitrogens is 1. The number of amides is 1. The molecule has 0 bridgehead atoms. The van der Waals surface area contributed by atoms with Gasteiger partial charge in [0.2, 0.25) is 0 Å². The maximum absolute atomic E-state index is 12.5. The lowest BCUT2D eigenvalue weighted by Crippen LogP contribution is -2.31. The molecule has 1 aliphatic rings. The van der Waals surface area contributed by atoms with Crippen molar-refractivity contribution in [3.8, 4) is 5.75 Å². The number of ether oxygens (including phenoxy) is 1. The molecule has 0 fully saturated rings. The van der Waals surface area contributed by atoms with Crippen LogP contribution in [0.25, 0.3) is 0 Å². The average molecular weight is 298 g/mol.